The van der Waals surface area contributed by atoms with Crippen LogP contribution in [0.15, 0.2) is 29.9 Å². The molecule has 1 aromatic heterocycles. The van der Waals surface area contributed by atoms with Crippen molar-refractivity contribution in [2.75, 3.05) is 0 Å². The molecular weight excluding hydrogens is 232 g/mol. The molecule has 0 saturated heterocycles. The SMILES string of the molecule is OC(Cc1cncs1)c1cccc(F)c1F. The lowest BCUT2D eigenvalue weighted by atomic mass is 10.1. The summed E-state index contributed by atoms with van der Waals surface area (Å²) < 4.78 is 26.3. The molecule has 0 amide bonds. The van der Waals surface area contributed by atoms with Crippen LogP contribution in [0.2, 0.25) is 0 Å². The maximum absolute atomic E-state index is 13.3. The molecule has 5 heteroatoms. The summed E-state index contributed by atoms with van der Waals surface area (Å²) >= 11 is 1.37. The van der Waals surface area contributed by atoms with Gasteiger partial charge < -0.3 is 5.11 Å². The molecule has 0 radical (unpaired) electrons. The van der Waals surface area contributed by atoms with Gasteiger partial charge in [0, 0.05) is 23.1 Å². The molecule has 0 aliphatic carbocycles. The molecule has 84 valence electrons. The molecular formula is C11H9F2NOS. The zero-order valence-electron chi connectivity index (χ0n) is 8.23. The molecule has 16 heavy (non-hydrogen) atoms. The Hall–Kier alpha value is -1.33. The van der Waals surface area contributed by atoms with Crippen LogP contribution in [0.1, 0.15) is 16.5 Å². The van der Waals surface area contributed by atoms with Crippen molar-refractivity contribution in [1.29, 1.82) is 0 Å². The number of aliphatic hydroxyl groups excluding tert-OH is 1. The Morgan fingerprint density at radius 2 is 2.19 bits per heavy atom. The van der Waals surface area contributed by atoms with Crippen molar-refractivity contribution in [3.8, 4) is 0 Å². The first kappa shape index (κ1) is 11.2. The minimum absolute atomic E-state index is 0.0200. The number of aromatic nitrogens is 1. The molecule has 2 aromatic rings. The molecule has 1 heterocycles. The van der Waals surface area contributed by atoms with E-state index in [1.807, 2.05) is 0 Å². The Morgan fingerprint density at radius 1 is 1.38 bits per heavy atom. The highest BCUT2D eigenvalue weighted by atomic mass is 32.1. The highest BCUT2D eigenvalue weighted by molar-refractivity contribution is 7.09. The van der Waals surface area contributed by atoms with Gasteiger partial charge in [0.2, 0.25) is 0 Å². The second-order valence-corrected chi connectivity index (χ2v) is 4.30. The number of hydrogen-bond acceptors (Lipinski definition) is 3. The fourth-order valence-electron chi connectivity index (χ4n) is 1.42. The summed E-state index contributed by atoms with van der Waals surface area (Å²) in [5.41, 5.74) is 1.61. The van der Waals surface area contributed by atoms with Crippen molar-refractivity contribution in [1.82, 2.24) is 4.98 Å². The molecule has 0 fully saturated rings. The number of aliphatic hydroxyl groups is 1. The van der Waals surface area contributed by atoms with E-state index >= 15 is 0 Å². The summed E-state index contributed by atoms with van der Waals surface area (Å²) in [6, 6.07) is 3.78. The maximum atomic E-state index is 13.3. The number of nitrogens with zero attached hydrogens (tertiary/aromatic N) is 1. The van der Waals surface area contributed by atoms with Crippen LogP contribution in [0.25, 0.3) is 0 Å². The van der Waals surface area contributed by atoms with E-state index in [0.717, 1.165) is 10.9 Å². The molecule has 0 aliphatic rings. The molecule has 1 N–H and O–H groups in total. The molecule has 0 bridgehead atoms. The van der Waals surface area contributed by atoms with Crippen molar-refractivity contribution in [2.45, 2.75) is 12.5 Å². The molecule has 1 aromatic carbocycles. The van der Waals surface area contributed by atoms with Crippen molar-refractivity contribution < 1.29 is 13.9 Å². The number of rotatable bonds is 3. The van der Waals surface area contributed by atoms with Crippen LogP contribution in [-0.4, -0.2) is 10.1 Å². The molecule has 2 rings (SSSR count). The molecule has 0 spiro atoms. The number of benzene rings is 1. The molecule has 2 nitrogen and oxygen atoms in total. The average molecular weight is 241 g/mol. The Balaban J connectivity index is 2.21. The minimum atomic E-state index is -1.05. The number of thiazole rings is 1. The molecule has 1 atom stereocenters. The van der Waals surface area contributed by atoms with E-state index in [4.69, 9.17) is 0 Å². The van der Waals surface area contributed by atoms with Crippen molar-refractivity contribution in [3.63, 3.8) is 0 Å². The molecule has 0 aliphatic heterocycles. The monoisotopic (exact) mass is 241 g/mol. The van der Waals surface area contributed by atoms with Crippen molar-refractivity contribution in [2.24, 2.45) is 0 Å². The van der Waals surface area contributed by atoms with Gasteiger partial charge in [-0.2, -0.15) is 0 Å². The fourth-order valence-corrected chi connectivity index (χ4v) is 2.05. The van der Waals surface area contributed by atoms with Gasteiger partial charge in [-0.05, 0) is 6.07 Å². The lowest BCUT2D eigenvalue weighted by Crippen LogP contribution is -2.04. The van der Waals surface area contributed by atoms with Crippen LogP contribution in [0.3, 0.4) is 0 Å². The number of hydrogen-bond donors (Lipinski definition) is 1. The van der Waals surface area contributed by atoms with E-state index in [2.05, 4.69) is 4.98 Å². The smallest absolute Gasteiger partial charge is 0.164 e. The fraction of sp³-hybridized carbons (Fsp3) is 0.182. The normalized spacial score (nSPS) is 12.7. The van der Waals surface area contributed by atoms with Gasteiger partial charge in [0.05, 0.1) is 11.6 Å². The lowest BCUT2D eigenvalue weighted by Gasteiger charge is -2.10. The van der Waals surface area contributed by atoms with E-state index in [0.29, 0.717) is 0 Å². The van der Waals surface area contributed by atoms with Gasteiger partial charge in [-0.1, -0.05) is 12.1 Å². The van der Waals surface area contributed by atoms with E-state index in [9.17, 15) is 13.9 Å². The van der Waals surface area contributed by atoms with Gasteiger partial charge in [0.25, 0.3) is 0 Å². The van der Waals surface area contributed by atoms with Gasteiger partial charge >= 0.3 is 0 Å². The van der Waals surface area contributed by atoms with E-state index in [1.165, 1.54) is 23.5 Å². The standard InChI is InChI=1S/C11H9F2NOS/c12-9-3-1-2-8(11(9)13)10(15)4-7-5-14-6-16-7/h1-3,5-6,10,15H,4H2. The van der Waals surface area contributed by atoms with E-state index in [-0.39, 0.29) is 12.0 Å². The Kier molecular flexibility index (Phi) is 3.26. The van der Waals surface area contributed by atoms with Crippen LogP contribution >= 0.6 is 11.3 Å². The van der Waals surface area contributed by atoms with E-state index < -0.39 is 17.7 Å². The highest BCUT2D eigenvalue weighted by Crippen LogP contribution is 2.23. The summed E-state index contributed by atoms with van der Waals surface area (Å²) in [6.07, 6.45) is 0.798. The zero-order chi connectivity index (χ0) is 11.5. The molecule has 1 unspecified atom stereocenters. The zero-order valence-corrected chi connectivity index (χ0v) is 9.05. The Morgan fingerprint density at radius 3 is 2.88 bits per heavy atom. The third-order valence-corrected chi connectivity index (χ3v) is 3.02. The average Bonchev–Trinajstić information content (AvgIpc) is 2.74. The van der Waals surface area contributed by atoms with Gasteiger partial charge in [-0.15, -0.1) is 11.3 Å². The van der Waals surface area contributed by atoms with Gasteiger partial charge in [-0.25, -0.2) is 8.78 Å². The predicted octanol–water partition coefficient (Wildman–Crippen LogP) is 2.70. The highest BCUT2D eigenvalue weighted by Gasteiger charge is 2.16. The van der Waals surface area contributed by atoms with Gasteiger partial charge in [0.1, 0.15) is 0 Å². The second-order valence-electron chi connectivity index (χ2n) is 3.33. The van der Waals surface area contributed by atoms with E-state index in [1.54, 1.807) is 11.7 Å². The van der Waals surface area contributed by atoms with Crippen LogP contribution in [0.4, 0.5) is 8.78 Å². The van der Waals surface area contributed by atoms with Crippen LogP contribution in [-0.2, 0) is 6.42 Å². The summed E-state index contributed by atoms with van der Waals surface area (Å²) in [6.45, 7) is 0. The first-order chi connectivity index (χ1) is 7.68. The third kappa shape index (κ3) is 2.25. The summed E-state index contributed by atoms with van der Waals surface area (Å²) in [4.78, 5) is 4.68. The Labute approximate surface area is 95.2 Å². The first-order valence-corrected chi connectivity index (χ1v) is 5.56. The topological polar surface area (TPSA) is 33.1 Å². The minimum Gasteiger partial charge on any atom is -0.388 e. The summed E-state index contributed by atoms with van der Waals surface area (Å²) in [7, 11) is 0. The van der Waals surface area contributed by atoms with Gasteiger partial charge in [0.15, 0.2) is 11.6 Å². The predicted molar refractivity (Wildman–Crippen MR) is 57.1 cm³/mol. The second kappa shape index (κ2) is 4.67. The Bertz CT molecular complexity index is 473. The summed E-state index contributed by atoms with van der Waals surface area (Å²) in [5, 5.41) is 9.77. The van der Waals surface area contributed by atoms with Crippen LogP contribution in [0.5, 0.6) is 0 Å². The van der Waals surface area contributed by atoms with Gasteiger partial charge in [-0.3, -0.25) is 4.98 Å². The third-order valence-electron chi connectivity index (χ3n) is 2.22. The first-order valence-electron chi connectivity index (χ1n) is 4.68. The van der Waals surface area contributed by atoms with Crippen LogP contribution in [0, 0.1) is 11.6 Å². The molecule has 0 saturated carbocycles. The van der Waals surface area contributed by atoms with Crippen LogP contribution < -0.4 is 0 Å². The maximum Gasteiger partial charge on any atom is 0.164 e. The lowest BCUT2D eigenvalue weighted by molar-refractivity contribution is 0.173. The summed E-state index contributed by atoms with van der Waals surface area (Å²) in [5.74, 6) is -1.93. The quantitative estimate of drug-likeness (QED) is 0.896. The largest absolute Gasteiger partial charge is 0.388 e. The van der Waals surface area contributed by atoms with Crippen molar-refractivity contribution in [3.05, 3.63) is 52.0 Å². The number of halogens is 2. The van der Waals surface area contributed by atoms with Crippen molar-refractivity contribution >= 4 is 11.3 Å².